The molecule has 1 aliphatic carbocycles. The van der Waals surface area contributed by atoms with Crippen LogP contribution in [0.15, 0.2) is 35.3 Å². The van der Waals surface area contributed by atoms with Gasteiger partial charge in [0.25, 0.3) is 0 Å². The number of likely N-dealkylation sites (tertiary alicyclic amines) is 2. The molecule has 0 radical (unpaired) electrons. The summed E-state index contributed by atoms with van der Waals surface area (Å²) in [6.45, 7) is 6.58. The highest BCUT2D eigenvalue weighted by atomic mass is 15.3. The molecule has 2 atom stereocenters. The summed E-state index contributed by atoms with van der Waals surface area (Å²) < 4.78 is 0. The van der Waals surface area contributed by atoms with E-state index in [-0.39, 0.29) is 0 Å². The molecule has 0 amide bonds. The fraction of sp³-hybridized carbons (Fsp3) is 0.708. The number of anilines is 1. The quantitative estimate of drug-likeness (QED) is 0.586. The Hall–Kier alpha value is -1.59. The summed E-state index contributed by atoms with van der Waals surface area (Å²) in [5.74, 6) is 2.46. The number of hydrogen-bond acceptors (Lipinski definition) is 3. The van der Waals surface area contributed by atoms with Gasteiger partial charge in [-0.2, -0.15) is 0 Å². The summed E-state index contributed by atoms with van der Waals surface area (Å²) in [7, 11) is 0. The third kappa shape index (κ3) is 5.73. The molecule has 5 nitrogen and oxygen atoms in total. The zero-order valence-electron chi connectivity index (χ0n) is 17.9. The van der Waals surface area contributed by atoms with Crippen molar-refractivity contribution in [2.75, 3.05) is 44.6 Å². The van der Waals surface area contributed by atoms with E-state index in [1.54, 1.807) is 0 Å². The van der Waals surface area contributed by atoms with E-state index in [9.17, 15) is 0 Å². The van der Waals surface area contributed by atoms with E-state index in [1.165, 1.54) is 64.5 Å². The zero-order chi connectivity index (χ0) is 19.9. The summed E-state index contributed by atoms with van der Waals surface area (Å²) >= 11 is 0. The van der Waals surface area contributed by atoms with Crippen LogP contribution in [0.25, 0.3) is 0 Å². The molecule has 1 saturated carbocycles. The van der Waals surface area contributed by atoms with Crippen molar-refractivity contribution in [2.24, 2.45) is 22.6 Å². The first-order valence-corrected chi connectivity index (χ1v) is 11.9. The molecular weight excluding hydrogens is 358 g/mol. The normalized spacial score (nSPS) is 27.3. The first-order valence-electron chi connectivity index (χ1n) is 11.9. The molecule has 160 valence electrons. The highest BCUT2D eigenvalue weighted by Crippen LogP contribution is 2.29. The third-order valence-electron chi connectivity index (χ3n) is 7.17. The maximum Gasteiger partial charge on any atom is 0.198 e. The molecule has 5 heteroatoms. The van der Waals surface area contributed by atoms with Crippen molar-refractivity contribution in [3.05, 3.63) is 30.3 Å². The van der Waals surface area contributed by atoms with Crippen molar-refractivity contribution >= 4 is 11.6 Å². The van der Waals surface area contributed by atoms with Gasteiger partial charge in [-0.25, -0.2) is 0 Å². The molecular formula is C24H39N5. The van der Waals surface area contributed by atoms with Crippen molar-refractivity contribution in [3.8, 4) is 0 Å². The number of nitrogens with one attached hydrogen (secondary N) is 1. The lowest BCUT2D eigenvalue weighted by Crippen LogP contribution is -2.48. The summed E-state index contributed by atoms with van der Waals surface area (Å²) in [4.78, 5) is 10.3. The Bertz CT molecular complexity index is 632. The number of aliphatic imine (C=N–C) groups is 1. The van der Waals surface area contributed by atoms with E-state index in [0.717, 1.165) is 43.9 Å². The minimum Gasteiger partial charge on any atom is -0.343 e. The summed E-state index contributed by atoms with van der Waals surface area (Å²) in [6, 6.07) is 11.3. The van der Waals surface area contributed by atoms with Gasteiger partial charge < -0.3 is 20.9 Å². The van der Waals surface area contributed by atoms with Crippen molar-refractivity contribution in [3.63, 3.8) is 0 Å². The molecule has 2 unspecified atom stereocenters. The second-order valence-corrected chi connectivity index (χ2v) is 9.25. The van der Waals surface area contributed by atoms with Gasteiger partial charge in [-0.15, -0.1) is 0 Å². The first kappa shape index (κ1) is 20.7. The largest absolute Gasteiger partial charge is 0.343 e. The first-order chi connectivity index (χ1) is 14.3. The second-order valence-electron chi connectivity index (χ2n) is 9.25. The Morgan fingerprint density at radius 1 is 0.931 bits per heavy atom. The SMILES string of the molecule is NCC1CCCC(CN=C(Nc2ccccc2)N2CCC(N3CCCC3)CC2)C1. The van der Waals surface area contributed by atoms with Gasteiger partial charge in [0, 0.05) is 31.4 Å². The lowest BCUT2D eigenvalue weighted by molar-refractivity contribution is 0.163. The molecule has 3 aliphatic rings. The summed E-state index contributed by atoms with van der Waals surface area (Å²) in [5.41, 5.74) is 7.08. The van der Waals surface area contributed by atoms with Crippen LogP contribution in [0.2, 0.25) is 0 Å². The number of nitrogens with two attached hydrogens (primary N) is 1. The van der Waals surface area contributed by atoms with E-state index in [1.807, 2.05) is 0 Å². The third-order valence-corrected chi connectivity index (χ3v) is 7.17. The van der Waals surface area contributed by atoms with Crippen LogP contribution in [0.1, 0.15) is 51.4 Å². The van der Waals surface area contributed by atoms with E-state index in [2.05, 4.69) is 45.4 Å². The molecule has 1 aromatic rings. The number of nitrogens with zero attached hydrogens (tertiary/aromatic N) is 3. The molecule has 3 fully saturated rings. The van der Waals surface area contributed by atoms with Crippen molar-refractivity contribution < 1.29 is 0 Å². The molecule has 2 saturated heterocycles. The van der Waals surface area contributed by atoms with Crippen molar-refractivity contribution in [1.29, 1.82) is 0 Å². The molecule has 0 bridgehead atoms. The molecule has 2 heterocycles. The van der Waals surface area contributed by atoms with Gasteiger partial charge in [-0.1, -0.05) is 24.6 Å². The lowest BCUT2D eigenvalue weighted by atomic mass is 9.81. The van der Waals surface area contributed by atoms with Gasteiger partial charge in [0.2, 0.25) is 0 Å². The summed E-state index contributed by atoms with van der Waals surface area (Å²) in [6.07, 6.45) is 10.4. The van der Waals surface area contributed by atoms with Crippen molar-refractivity contribution in [2.45, 2.75) is 57.4 Å². The molecule has 3 N–H and O–H groups in total. The van der Waals surface area contributed by atoms with Gasteiger partial charge in [0.1, 0.15) is 0 Å². The molecule has 0 spiro atoms. The fourth-order valence-electron chi connectivity index (χ4n) is 5.42. The Labute approximate surface area is 176 Å². The minimum atomic E-state index is 0.687. The molecule has 2 aliphatic heterocycles. The monoisotopic (exact) mass is 397 g/mol. The number of benzene rings is 1. The number of guanidine groups is 1. The van der Waals surface area contributed by atoms with E-state index >= 15 is 0 Å². The van der Waals surface area contributed by atoms with Crippen LogP contribution < -0.4 is 11.1 Å². The van der Waals surface area contributed by atoms with E-state index < -0.39 is 0 Å². The van der Waals surface area contributed by atoms with Crippen LogP contribution in [0.4, 0.5) is 5.69 Å². The van der Waals surface area contributed by atoms with E-state index in [0.29, 0.717) is 11.8 Å². The maximum atomic E-state index is 5.94. The van der Waals surface area contributed by atoms with Crippen LogP contribution in [0.3, 0.4) is 0 Å². The van der Waals surface area contributed by atoms with Crippen LogP contribution >= 0.6 is 0 Å². The lowest BCUT2D eigenvalue weighted by Gasteiger charge is -2.38. The van der Waals surface area contributed by atoms with Crippen molar-refractivity contribution in [1.82, 2.24) is 9.80 Å². The predicted molar refractivity (Wildman–Crippen MR) is 122 cm³/mol. The Morgan fingerprint density at radius 3 is 2.38 bits per heavy atom. The van der Waals surface area contributed by atoms with Gasteiger partial charge in [-0.05, 0) is 88.5 Å². The van der Waals surface area contributed by atoms with Gasteiger partial charge in [0.15, 0.2) is 5.96 Å². The summed E-state index contributed by atoms with van der Waals surface area (Å²) in [5, 5.41) is 3.64. The van der Waals surface area contributed by atoms with Gasteiger partial charge in [-0.3, -0.25) is 4.99 Å². The van der Waals surface area contributed by atoms with Crippen LogP contribution in [0.5, 0.6) is 0 Å². The Balaban J connectivity index is 1.39. The topological polar surface area (TPSA) is 56.9 Å². The highest BCUT2D eigenvalue weighted by Gasteiger charge is 2.28. The molecule has 0 aromatic heterocycles. The van der Waals surface area contributed by atoms with Gasteiger partial charge in [0.05, 0.1) is 0 Å². The number of rotatable bonds is 5. The Kier molecular flexibility index (Phi) is 7.44. The number of para-hydroxylation sites is 1. The fourth-order valence-corrected chi connectivity index (χ4v) is 5.42. The standard InChI is InChI=1S/C24H39N5/c25-18-20-7-6-8-21(17-20)19-26-24(27-22-9-2-1-3-10-22)29-15-11-23(12-16-29)28-13-4-5-14-28/h1-3,9-10,20-21,23H,4-8,11-19,25H2,(H,26,27). The van der Waals surface area contributed by atoms with Crippen LogP contribution in [-0.2, 0) is 0 Å². The van der Waals surface area contributed by atoms with Crippen LogP contribution in [0, 0.1) is 11.8 Å². The van der Waals surface area contributed by atoms with E-state index in [4.69, 9.17) is 10.7 Å². The second kappa shape index (κ2) is 10.4. The predicted octanol–water partition coefficient (Wildman–Crippen LogP) is 3.78. The molecule has 4 rings (SSSR count). The smallest absolute Gasteiger partial charge is 0.198 e. The number of hydrogen-bond donors (Lipinski definition) is 2. The maximum absolute atomic E-state index is 5.94. The molecule has 1 aromatic carbocycles. The minimum absolute atomic E-state index is 0.687. The van der Waals surface area contributed by atoms with Crippen LogP contribution in [-0.4, -0.2) is 61.1 Å². The number of piperidine rings is 1. The Morgan fingerprint density at radius 2 is 1.66 bits per heavy atom. The average molecular weight is 398 g/mol. The molecule has 29 heavy (non-hydrogen) atoms. The zero-order valence-corrected chi connectivity index (χ0v) is 17.9. The average Bonchev–Trinajstić information content (AvgIpc) is 3.33. The van der Waals surface area contributed by atoms with Gasteiger partial charge >= 0.3 is 0 Å². The highest BCUT2D eigenvalue weighted by molar-refractivity contribution is 5.93.